The number of hydrogen-bond donors (Lipinski definition) is 0. The van der Waals surface area contributed by atoms with Crippen LogP contribution in [0.25, 0.3) is 0 Å². The van der Waals surface area contributed by atoms with Crippen molar-refractivity contribution in [3.63, 3.8) is 0 Å². The number of unbranched alkanes of at least 4 members (excludes halogenated alkanes) is 2. The fraction of sp³-hybridized carbons (Fsp3) is 0.757. The van der Waals surface area contributed by atoms with Gasteiger partial charge in [-0.05, 0) is 91.6 Å². The molecule has 0 aromatic heterocycles. The zero-order valence-electron chi connectivity index (χ0n) is 30.6. The highest BCUT2D eigenvalue weighted by Gasteiger charge is 2.44. The second-order valence-electron chi connectivity index (χ2n) is 14.7. The lowest BCUT2D eigenvalue weighted by Gasteiger charge is -2.42. The Balaban J connectivity index is 1.96. The van der Waals surface area contributed by atoms with Crippen LogP contribution in [-0.4, -0.2) is 61.1 Å². The van der Waals surface area contributed by atoms with E-state index in [-0.39, 0.29) is 23.0 Å². The topological polar surface area (TPSA) is 63.2 Å². The highest BCUT2D eigenvalue weighted by molar-refractivity contribution is 6.74. The molecule has 4 atom stereocenters. The first-order valence-corrected chi connectivity index (χ1v) is 23.0. The molecule has 0 unspecified atom stereocenters. The Bertz CT molecular complexity index is 1020. The Kier molecular flexibility index (Phi) is 16.7. The van der Waals surface area contributed by atoms with Gasteiger partial charge in [-0.3, -0.25) is 4.79 Å². The van der Waals surface area contributed by atoms with Gasteiger partial charge in [0.2, 0.25) is 0 Å². The molecule has 1 aromatic carbocycles. The van der Waals surface area contributed by atoms with Crippen molar-refractivity contribution in [1.29, 1.82) is 0 Å². The van der Waals surface area contributed by atoms with Gasteiger partial charge in [0.15, 0.2) is 22.4 Å². The fourth-order valence-corrected chi connectivity index (χ4v) is 9.65. The van der Waals surface area contributed by atoms with E-state index >= 15 is 0 Å². The minimum Gasteiger partial charge on any atom is -0.497 e. The first-order chi connectivity index (χ1) is 21.2. The minimum atomic E-state index is -2.00. The molecule has 1 aliphatic rings. The quantitative estimate of drug-likeness (QED) is 0.0787. The zero-order valence-corrected chi connectivity index (χ0v) is 32.6. The number of hydrogen-bond acceptors (Lipinski definition) is 6. The van der Waals surface area contributed by atoms with Gasteiger partial charge in [-0.15, -0.1) is 0 Å². The molecule has 2 rings (SSSR count). The number of carbonyl (C=O) groups excluding carboxylic acids is 1. The molecule has 1 saturated heterocycles. The number of ketones is 1. The molecule has 258 valence electrons. The maximum atomic E-state index is 13.7. The largest absolute Gasteiger partial charge is 0.497 e. The van der Waals surface area contributed by atoms with Crippen LogP contribution in [-0.2, 0) is 29.7 Å². The van der Waals surface area contributed by atoms with Crippen LogP contribution in [0, 0.1) is 5.92 Å². The molecule has 1 heterocycles. The van der Waals surface area contributed by atoms with Gasteiger partial charge in [0.25, 0.3) is 0 Å². The molecule has 0 radical (unpaired) electrons. The van der Waals surface area contributed by atoms with E-state index in [1.807, 2.05) is 12.1 Å². The Morgan fingerprint density at radius 2 is 1.67 bits per heavy atom. The predicted molar refractivity (Wildman–Crippen MR) is 192 cm³/mol. The average Bonchev–Trinajstić information content (AvgIpc) is 2.99. The van der Waals surface area contributed by atoms with Gasteiger partial charge in [0.1, 0.15) is 18.0 Å². The second kappa shape index (κ2) is 18.9. The molecular formula is C37H66O6Si2. The number of rotatable bonds is 20. The van der Waals surface area contributed by atoms with Gasteiger partial charge in [0.05, 0.1) is 19.8 Å². The van der Waals surface area contributed by atoms with Crippen molar-refractivity contribution in [3.8, 4) is 5.75 Å². The molecule has 8 heteroatoms. The summed E-state index contributed by atoms with van der Waals surface area (Å²) in [6.07, 6.45) is 6.96. The van der Waals surface area contributed by atoms with Gasteiger partial charge in [-0.25, -0.2) is 0 Å². The van der Waals surface area contributed by atoms with Gasteiger partial charge in [0, 0.05) is 19.6 Å². The van der Waals surface area contributed by atoms with E-state index in [4.69, 9.17) is 23.1 Å². The van der Waals surface area contributed by atoms with Crippen LogP contribution >= 0.6 is 0 Å². The lowest BCUT2D eigenvalue weighted by Crippen LogP contribution is -2.53. The Hall–Kier alpha value is -1.30. The Morgan fingerprint density at radius 1 is 1.02 bits per heavy atom. The van der Waals surface area contributed by atoms with Crippen LogP contribution in [0.15, 0.2) is 35.9 Å². The summed E-state index contributed by atoms with van der Waals surface area (Å²) in [5.41, 5.74) is 2.29. The second-order valence-corrected chi connectivity index (χ2v) is 24.2. The van der Waals surface area contributed by atoms with E-state index in [1.165, 1.54) is 0 Å². The maximum Gasteiger partial charge on any atom is 0.193 e. The minimum absolute atomic E-state index is 0.135. The van der Waals surface area contributed by atoms with E-state index in [0.29, 0.717) is 25.6 Å². The molecule has 6 nitrogen and oxygen atoms in total. The van der Waals surface area contributed by atoms with Crippen molar-refractivity contribution in [3.05, 3.63) is 41.5 Å². The average molecular weight is 663 g/mol. The molecule has 0 saturated carbocycles. The first-order valence-electron chi connectivity index (χ1n) is 17.6. The number of ether oxygens (including phenoxy) is 3. The lowest BCUT2D eigenvalue weighted by atomic mass is 9.91. The van der Waals surface area contributed by atoms with E-state index in [1.54, 1.807) is 7.11 Å². The van der Waals surface area contributed by atoms with E-state index in [9.17, 15) is 4.79 Å². The molecule has 0 bridgehead atoms. The number of benzene rings is 1. The molecule has 0 N–H and O–H groups in total. The molecule has 0 spiro atoms. The van der Waals surface area contributed by atoms with Crippen molar-refractivity contribution >= 4 is 22.4 Å². The molecule has 0 amide bonds. The van der Waals surface area contributed by atoms with E-state index in [2.05, 4.69) is 86.7 Å². The van der Waals surface area contributed by atoms with Crippen LogP contribution in [0.4, 0.5) is 0 Å². The smallest absolute Gasteiger partial charge is 0.193 e. The zero-order chi connectivity index (χ0) is 33.7. The third kappa shape index (κ3) is 12.7. The summed E-state index contributed by atoms with van der Waals surface area (Å²) in [7, 11) is -2.17. The monoisotopic (exact) mass is 662 g/mol. The van der Waals surface area contributed by atoms with Crippen molar-refractivity contribution in [2.75, 3.05) is 20.3 Å². The molecule has 45 heavy (non-hydrogen) atoms. The summed E-state index contributed by atoms with van der Waals surface area (Å²) in [5, 5.41) is 0.159. The van der Waals surface area contributed by atoms with Gasteiger partial charge < -0.3 is 23.1 Å². The normalized spacial score (nSPS) is 20.8. The molecule has 1 fully saturated rings. The van der Waals surface area contributed by atoms with Crippen LogP contribution in [0.2, 0.25) is 36.3 Å². The summed E-state index contributed by atoms with van der Waals surface area (Å²) < 4.78 is 31.2. The summed E-state index contributed by atoms with van der Waals surface area (Å²) in [5.74, 6) is 1.47. The Morgan fingerprint density at radius 3 is 2.24 bits per heavy atom. The van der Waals surface area contributed by atoms with Crippen LogP contribution in [0.5, 0.6) is 5.75 Å². The van der Waals surface area contributed by atoms with Crippen molar-refractivity contribution in [2.45, 2.75) is 155 Å². The summed E-state index contributed by atoms with van der Waals surface area (Å²) in [6, 6.07) is 11.1. The number of carbonyl (C=O) groups is 1. The number of methoxy groups -OCH3 is 1. The van der Waals surface area contributed by atoms with Crippen molar-refractivity contribution in [2.24, 2.45) is 5.92 Å². The Labute approximate surface area is 278 Å². The SMILES string of the molecule is CC[Si](CC)(CC)O[C@@H]1C(=O)C[C@H](CCO[Si](C)(C)C(C)(C)C)O[C@H]1/C(C)=C/[C@H](C)CCCCCOCc1ccc(OC)cc1. The molecular weight excluding hydrogens is 597 g/mol. The van der Waals surface area contributed by atoms with Gasteiger partial charge in [-0.1, -0.05) is 79.5 Å². The summed E-state index contributed by atoms with van der Waals surface area (Å²) >= 11 is 0. The van der Waals surface area contributed by atoms with Crippen LogP contribution in [0.3, 0.4) is 0 Å². The third-order valence-electron chi connectivity index (χ3n) is 10.3. The van der Waals surface area contributed by atoms with Crippen molar-refractivity contribution in [1.82, 2.24) is 0 Å². The highest BCUT2D eigenvalue weighted by Crippen LogP contribution is 2.37. The summed E-state index contributed by atoms with van der Waals surface area (Å²) in [4.78, 5) is 13.7. The third-order valence-corrected chi connectivity index (χ3v) is 19.4. The summed E-state index contributed by atoms with van der Waals surface area (Å²) in [6.45, 7) is 24.4. The first kappa shape index (κ1) is 39.9. The van der Waals surface area contributed by atoms with Gasteiger partial charge >= 0.3 is 0 Å². The van der Waals surface area contributed by atoms with Crippen molar-refractivity contribution < 1.29 is 27.9 Å². The van der Waals surface area contributed by atoms with E-state index < -0.39 is 22.7 Å². The van der Waals surface area contributed by atoms with Gasteiger partial charge in [-0.2, -0.15) is 0 Å². The highest BCUT2D eigenvalue weighted by atomic mass is 28.4. The van der Waals surface area contributed by atoms with E-state index in [0.717, 1.165) is 73.7 Å². The van der Waals surface area contributed by atoms with Crippen LogP contribution < -0.4 is 4.74 Å². The lowest BCUT2D eigenvalue weighted by molar-refractivity contribution is -0.151. The number of allylic oxidation sites excluding steroid dienone is 1. The standard InChI is InChI=1S/C37H66O6Si2/c1-12-45(13-2,14-3)43-36-34(38)27-33(23-25-41-44(10,11)37(6,7)8)42-35(36)30(5)26-29(4)18-16-15-17-24-40-28-31-19-21-32(39-9)22-20-31/h19-22,26,29,33,35-36H,12-18,23-25,27-28H2,1-11H3/b30-26+/t29-,33+,35+,36-/m1/s1. The maximum absolute atomic E-state index is 13.7. The molecule has 1 aliphatic heterocycles. The predicted octanol–water partition coefficient (Wildman–Crippen LogP) is 9.88. The molecule has 1 aromatic rings. The molecule has 0 aliphatic carbocycles. The fourth-order valence-electron chi connectivity index (χ4n) is 5.80. The van der Waals surface area contributed by atoms with Crippen LogP contribution in [0.1, 0.15) is 99.5 Å². The number of Topliss-reactive ketones (excluding diaryl/α,β-unsaturated/α-hetero) is 1.